The predicted molar refractivity (Wildman–Crippen MR) is 89.1 cm³/mol. The molecule has 3 rings (SSSR count). The molecule has 1 amide bonds. The van der Waals surface area contributed by atoms with Crippen molar-refractivity contribution >= 4 is 17.2 Å². The van der Waals surface area contributed by atoms with E-state index in [4.69, 9.17) is 10.00 Å². The number of thiophene rings is 1. The molecule has 2 aliphatic heterocycles. The maximum atomic E-state index is 12.5. The number of rotatable bonds is 6. The highest BCUT2D eigenvalue weighted by atomic mass is 32.1. The molecule has 0 N–H and O–H groups in total. The number of carbonyl (C=O) groups excluding carboxylic acids is 1. The van der Waals surface area contributed by atoms with Gasteiger partial charge in [0.1, 0.15) is 6.07 Å². The van der Waals surface area contributed by atoms with E-state index in [0.29, 0.717) is 18.7 Å². The quantitative estimate of drug-likeness (QED) is 0.801. The molecule has 1 aromatic rings. The fourth-order valence-electron chi connectivity index (χ4n) is 3.26. The average Bonchev–Trinajstić information content (AvgIpc) is 3.29. The zero-order valence-corrected chi connectivity index (χ0v) is 14.2. The van der Waals surface area contributed by atoms with Gasteiger partial charge in [0, 0.05) is 43.0 Å². The number of amides is 1. The van der Waals surface area contributed by atoms with Crippen LogP contribution in [-0.4, -0.2) is 54.6 Å². The van der Waals surface area contributed by atoms with E-state index in [1.165, 1.54) is 0 Å². The van der Waals surface area contributed by atoms with E-state index in [1.54, 1.807) is 11.3 Å². The van der Waals surface area contributed by atoms with Gasteiger partial charge in [-0.2, -0.15) is 5.26 Å². The minimum atomic E-state index is 0.220. The first kappa shape index (κ1) is 16.4. The lowest BCUT2D eigenvalue weighted by Gasteiger charge is -2.26. The molecular weight excluding hydrogens is 310 g/mol. The molecule has 0 radical (unpaired) electrons. The molecule has 0 unspecified atom stereocenters. The second-order valence-electron chi connectivity index (χ2n) is 6.31. The molecule has 2 fully saturated rings. The first-order valence-corrected chi connectivity index (χ1v) is 9.22. The number of nitrogens with zero attached hydrogens (tertiary/aromatic N) is 3. The summed E-state index contributed by atoms with van der Waals surface area (Å²) in [5, 5.41) is 10.8. The Kier molecular flexibility index (Phi) is 5.65. The summed E-state index contributed by atoms with van der Waals surface area (Å²) in [7, 11) is 0. The fourth-order valence-corrected chi connectivity index (χ4v) is 4.11. The Morgan fingerprint density at radius 1 is 1.43 bits per heavy atom. The molecular formula is C17H23N3O2S. The standard InChI is InChI=1S/C17H23N3O2S/c18-9-14-8-16(23-13-14)11-19(10-15-4-3-7-22-15)12-17(21)20-5-1-2-6-20/h8,13,15H,1-7,10-12H2/t15-/m0/s1. The van der Waals surface area contributed by atoms with Crippen LogP contribution >= 0.6 is 11.3 Å². The summed E-state index contributed by atoms with van der Waals surface area (Å²) in [5.74, 6) is 0.220. The van der Waals surface area contributed by atoms with Crippen molar-refractivity contribution in [3.63, 3.8) is 0 Å². The Balaban J connectivity index is 1.62. The van der Waals surface area contributed by atoms with Gasteiger partial charge < -0.3 is 9.64 Å². The lowest BCUT2D eigenvalue weighted by atomic mass is 10.2. The van der Waals surface area contributed by atoms with Crippen LogP contribution in [0.3, 0.4) is 0 Å². The molecule has 6 heteroatoms. The third-order valence-electron chi connectivity index (χ3n) is 4.47. The summed E-state index contributed by atoms with van der Waals surface area (Å²) in [6.07, 6.45) is 4.65. The van der Waals surface area contributed by atoms with Crippen molar-refractivity contribution in [2.24, 2.45) is 0 Å². The molecule has 2 saturated heterocycles. The van der Waals surface area contributed by atoms with E-state index in [-0.39, 0.29) is 12.0 Å². The summed E-state index contributed by atoms with van der Waals surface area (Å²) in [4.78, 5) is 17.8. The molecule has 124 valence electrons. The van der Waals surface area contributed by atoms with Crippen LogP contribution in [0.15, 0.2) is 11.4 Å². The molecule has 1 atom stereocenters. The minimum absolute atomic E-state index is 0.220. The summed E-state index contributed by atoms with van der Waals surface area (Å²) in [6.45, 7) is 4.56. The lowest BCUT2D eigenvalue weighted by molar-refractivity contribution is -0.131. The highest BCUT2D eigenvalue weighted by Crippen LogP contribution is 2.19. The van der Waals surface area contributed by atoms with Gasteiger partial charge >= 0.3 is 0 Å². The Labute approximate surface area is 141 Å². The normalized spacial score (nSPS) is 21.0. The Hall–Kier alpha value is -1.42. The van der Waals surface area contributed by atoms with Gasteiger partial charge in [0.15, 0.2) is 0 Å². The first-order valence-electron chi connectivity index (χ1n) is 8.34. The van der Waals surface area contributed by atoms with Crippen molar-refractivity contribution in [3.05, 3.63) is 21.9 Å². The van der Waals surface area contributed by atoms with E-state index >= 15 is 0 Å². The lowest BCUT2D eigenvalue weighted by Crippen LogP contribution is -2.41. The Morgan fingerprint density at radius 2 is 2.26 bits per heavy atom. The Bertz CT molecular complexity index is 569. The van der Waals surface area contributed by atoms with Crippen molar-refractivity contribution in [3.8, 4) is 6.07 Å². The van der Waals surface area contributed by atoms with Crippen molar-refractivity contribution < 1.29 is 9.53 Å². The molecule has 0 saturated carbocycles. The van der Waals surface area contributed by atoms with Crippen LogP contribution in [0.1, 0.15) is 36.1 Å². The number of hydrogen-bond donors (Lipinski definition) is 0. The highest BCUT2D eigenvalue weighted by Gasteiger charge is 2.24. The molecule has 5 nitrogen and oxygen atoms in total. The summed E-state index contributed by atoms with van der Waals surface area (Å²) in [6, 6.07) is 4.10. The largest absolute Gasteiger partial charge is 0.377 e. The summed E-state index contributed by atoms with van der Waals surface area (Å²) in [5.41, 5.74) is 0.702. The summed E-state index contributed by atoms with van der Waals surface area (Å²) < 4.78 is 5.74. The van der Waals surface area contributed by atoms with Gasteiger partial charge in [0.05, 0.1) is 18.2 Å². The van der Waals surface area contributed by atoms with E-state index in [1.807, 2.05) is 16.3 Å². The van der Waals surface area contributed by atoms with Gasteiger partial charge in [0.2, 0.25) is 5.91 Å². The Morgan fingerprint density at radius 3 is 2.91 bits per heavy atom. The number of carbonyl (C=O) groups is 1. The van der Waals surface area contributed by atoms with Gasteiger partial charge in [-0.3, -0.25) is 9.69 Å². The van der Waals surface area contributed by atoms with Crippen molar-refractivity contribution in [2.45, 2.75) is 38.3 Å². The second-order valence-corrected chi connectivity index (χ2v) is 7.30. The SMILES string of the molecule is N#Cc1csc(CN(CC(=O)N2CCCC2)C[C@@H]2CCCO2)c1. The minimum Gasteiger partial charge on any atom is -0.377 e. The molecule has 23 heavy (non-hydrogen) atoms. The number of nitriles is 1. The van der Waals surface area contributed by atoms with Crippen LogP contribution in [0.5, 0.6) is 0 Å². The molecule has 0 aliphatic carbocycles. The zero-order chi connectivity index (χ0) is 16.1. The molecule has 3 heterocycles. The fraction of sp³-hybridized carbons (Fsp3) is 0.647. The van der Waals surface area contributed by atoms with Gasteiger partial charge in [-0.25, -0.2) is 0 Å². The van der Waals surface area contributed by atoms with E-state index < -0.39 is 0 Å². The van der Waals surface area contributed by atoms with Crippen LogP contribution in [0, 0.1) is 11.3 Å². The van der Waals surface area contributed by atoms with Gasteiger partial charge in [-0.1, -0.05) is 0 Å². The van der Waals surface area contributed by atoms with Crippen molar-refractivity contribution in [1.82, 2.24) is 9.80 Å². The number of hydrogen-bond acceptors (Lipinski definition) is 5. The second kappa shape index (κ2) is 7.91. The maximum absolute atomic E-state index is 12.5. The van der Waals surface area contributed by atoms with Gasteiger partial charge in [-0.15, -0.1) is 11.3 Å². The maximum Gasteiger partial charge on any atom is 0.236 e. The predicted octanol–water partition coefficient (Wildman–Crippen LogP) is 2.22. The van der Waals surface area contributed by atoms with E-state index in [2.05, 4.69) is 11.0 Å². The van der Waals surface area contributed by atoms with Crippen molar-refractivity contribution in [2.75, 3.05) is 32.8 Å². The van der Waals surface area contributed by atoms with E-state index in [9.17, 15) is 4.79 Å². The van der Waals surface area contributed by atoms with Gasteiger partial charge in [0.25, 0.3) is 0 Å². The van der Waals surface area contributed by atoms with Crippen LogP contribution in [0.25, 0.3) is 0 Å². The van der Waals surface area contributed by atoms with E-state index in [0.717, 1.165) is 56.8 Å². The highest BCUT2D eigenvalue weighted by molar-refractivity contribution is 7.10. The van der Waals surface area contributed by atoms with Gasteiger partial charge in [-0.05, 0) is 31.7 Å². The van der Waals surface area contributed by atoms with Crippen LogP contribution in [0.2, 0.25) is 0 Å². The molecule has 0 bridgehead atoms. The summed E-state index contributed by atoms with van der Waals surface area (Å²) >= 11 is 1.59. The first-order chi connectivity index (χ1) is 11.2. The third kappa shape index (κ3) is 4.54. The molecule has 1 aromatic heterocycles. The average molecular weight is 333 g/mol. The van der Waals surface area contributed by atoms with Crippen LogP contribution in [-0.2, 0) is 16.1 Å². The zero-order valence-electron chi connectivity index (χ0n) is 13.4. The third-order valence-corrected chi connectivity index (χ3v) is 5.39. The van der Waals surface area contributed by atoms with Crippen molar-refractivity contribution in [1.29, 1.82) is 5.26 Å². The molecule has 0 spiro atoms. The smallest absolute Gasteiger partial charge is 0.236 e. The topological polar surface area (TPSA) is 56.6 Å². The molecule has 0 aromatic carbocycles. The molecule has 2 aliphatic rings. The van der Waals surface area contributed by atoms with Crippen LogP contribution < -0.4 is 0 Å². The number of likely N-dealkylation sites (tertiary alicyclic amines) is 1. The monoisotopic (exact) mass is 333 g/mol. The van der Waals surface area contributed by atoms with Crippen LogP contribution in [0.4, 0.5) is 0 Å². The number of ether oxygens (including phenoxy) is 1.